The summed E-state index contributed by atoms with van der Waals surface area (Å²) in [6.07, 6.45) is 4.00. The maximum absolute atomic E-state index is 5.67. The Bertz CT molecular complexity index is 379. The van der Waals surface area contributed by atoms with E-state index in [-0.39, 0.29) is 7.43 Å². The van der Waals surface area contributed by atoms with Crippen molar-refractivity contribution >= 4 is 24.0 Å². The van der Waals surface area contributed by atoms with E-state index >= 15 is 0 Å². The molecule has 1 aliphatic rings. The molecular formula is C13H18Cl2N2Ru-2. The van der Waals surface area contributed by atoms with Crippen molar-refractivity contribution in [3.8, 4) is 0 Å². The fraction of sp³-hybridized carbons (Fsp3) is 0.154. The molecule has 1 heterocycles. The zero-order chi connectivity index (χ0) is 12.7. The summed E-state index contributed by atoms with van der Waals surface area (Å²) in [7, 11) is 15.3. The Morgan fingerprint density at radius 2 is 1.56 bits per heavy atom. The number of rotatable bonds is 1. The minimum absolute atomic E-state index is 0. The van der Waals surface area contributed by atoms with Gasteiger partial charge in [0.15, 0.2) is 0 Å². The Hall–Kier alpha value is -0.367. The summed E-state index contributed by atoms with van der Waals surface area (Å²) < 4.78 is 1.92. The normalized spacial score (nSPS) is 13.4. The Morgan fingerprint density at radius 3 is 1.89 bits per heavy atom. The molecule has 1 aromatic rings. The van der Waals surface area contributed by atoms with Crippen LogP contribution in [0.5, 0.6) is 0 Å². The summed E-state index contributed by atoms with van der Waals surface area (Å²) in [5.41, 5.74) is 1.12. The number of hydrogen-bond donors (Lipinski definition) is 0. The van der Waals surface area contributed by atoms with Crippen molar-refractivity contribution in [3.63, 3.8) is 0 Å². The van der Waals surface area contributed by atoms with Crippen molar-refractivity contribution in [1.29, 1.82) is 0 Å². The molecule has 0 unspecified atom stereocenters. The third-order valence-corrected chi connectivity index (χ3v) is 3.77. The van der Waals surface area contributed by atoms with Crippen LogP contribution in [0.25, 0.3) is 0 Å². The van der Waals surface area contributed by atoms with Crippen LogP contribution >= 0.6 is 19.4 Å². The van der Waals surface area contributed by atoms with Crippen molar-refractivity contribution < 1.29 is 13.5 Å². The molecule has 0 aliphatic carbocycles. The predicted octanol–water partition coefficient (Wildman–Crippen LogP) is 3.67. The summed E-state index contributed by atoms with van der Waals surface area (Å²) in [6.45, 7) is 2.00. The third kappa shape index (κ3) is 7.86. The quantitative estimate of drug-likeness (QED) is 0.547. The van der Waals surface area contributed by atoms with Crippen LogP contribution < -0.4 is 0 Å². The molecule has 0 atom stereocenters. The topological polar surface area (TPSA) is 6.48 Å². The first-order chi connectivity index (χ1) is 8.08. The molecule has 0 saturated carbocycles. The molecule has 0 radical (unpaired) electrons. The van der Waals surface area contributed by atoms with Gasteiger partial charge in [-0.1, -0.05) is 0 Å². The monoisotopic (exact) mass is 374 g/mol. The summed E-state index contributed by atoms with van der Waals surface area (Å²) in [4.78, 5) is 4.00. The first-order valence-corrected chi connectivity index (χ1v) is 10.4. The van der Waals surface area contributed by atoms with Gasteiger partial charge in [0.2, 0.25) is 0 Å². The van der Waals surface area contributed by atoms with E-state index in [0.29, 0.717) is 0 Å². The molecular weight excluding hydrogens is 356 g/mol. The van der Waals surface area contributed by atoms with Gasteiger partial charge in [0.25, 0.3) is 0 Å². The molecule has 2 nitrogen and oxygen atoms in total. The average molecular weight is 374 g/mol. The van der Waals surface area contributed by atoms with Crippen molar-refractivity contribution in [2.24, 2.45) is 0 Å². The van der Waals surface area contributed by atoms with Crippen LogP contribution in [0.3, 0.4) is 0 Å². The first-order valence-electron chi connectivity index (χ1n) is 4.93. The molecule has 0 amide bonds. The average Bonchev–Trinajstić information content (AvgIpc) is 2.64. The van der Waals surface area contributed by atoms with Gasteiger partial charge in [-0.25, -0.2) is 0 Å². The molecule has 0 spiro atoms. The van der Waals surface area contributed by atoms with Crippen LogP contribution in [0.2, 0.25) is 0 Å². The fourth-order valence-electron chi connectivity index (χ4n) is 1.18. The van der Waals surface area contributed by atoms with Crippen LogP contribution in [0.1, 0.15) is 5.56 Å². The zero-order valence-electron chi connectivity index (χ0n) is 10.7. The molecule has 5 heteroatoms. The number of halogens is 2. The van der Waals surface area contributed by atoms with E-state index in [4.69, 9.17) is 19.4 Å². The van der Waals surface area contributed by atoms with E-state index < -0.39 is 13.5 Å². The number of hydrogen-bond acceptors (Lipinski definition) is 2. The number of nitrogens with zero attached hydrogens (tertiary/aromatic N) is 2. The molecule has 0 saturated heterocycles. The maximum atomic E-state index is 5.67. The van der Waals surface area contributed by atoms with E-state index in [2.05, 4.69) is 0 Å². The van der Waals surface area contributed by atoms with E-state index in [9.17, 15) is 0 Å². The molecule has 0 fully saturated rings. The Morgan fingerprint density at radius 1 is 1.06 bits per heavy atom. The molecule has 1 aromatic carbocycles. The van der Waals surface area contributed by atoms with Crippen LogP contribution in [0.15, 0.2) is 42.7 Å². The fourth-order valence-corrected chi connectivity index (χ4v) is 3.01. The van der Waals surface area contributed by atoms with E-state index in [1.54, 1.807) is 0 Å². The van der Waals surface area contributed by atoms with Crippen molar-refractivity contribution in [2.45, 2.75) is 0 Å². The van der Waals surface area contributed by atoms with Gasteiger partial charge in [-0.2, -0.15) is 6.67 Å². The van der Waals surface area contributed by atoms with Gasteiger partial charge in [-0.3, -0.25) is 0 Å². The molecule has 0 bridgehead atoms. The number of benzene rings is 1. The van der Waals surface area contributed by atoms with E-state index in [0.717, 1.165) is 5.56 Å². The summed E-state index contributed by atoms with van der Waals surface area (Å²) in [5, 5.41) is 0. The van der Waals surface area contributed by atoms with Gasteiger partial charge in [-0.05, 0) is 26.5 Å². The molecule has 0 N–H and O–H groups in total. The SMILES string of the molecule is CN1C=CN(C)[CH-]1.[CH3-].[Cl][Ru]([Cl])=[CH]c1ccccc1. The minimum atomic E-state index is -1.61. The van der Waals surface area contributed by atoms with Gasteiger partial charge < -0.3 is 17.2 Å². The van der Waals surface area contributed by atoms with Crippen LogP contribution in [-0.2, 0) is 13.5 Å². The van der Waals surface area contributed by atoms with Crippen molar-refractivity contribution in [1.82, 2.24) is 9.80 Å². The predicted molar refractivity (Wildman–Crippen MR) is 78.7 cm³/mol. The van der Waals surface area contributed by atoms with Crippen molar-refractivity contribution in [2.75, 3.05) is 14.1 Å². The van der Waals surface area contributed by atoms with Crippen molar-refractivity contribution in [3.05, 3.63) is 62.4 Å². The zero-order valence-corrected chi connectivity index (χ0v) is 14.0. The summed E-state index contributed by atoms with van der Waals surface area (Å²) in [5.74, 6) is 0. The molecule has 0 aromatic heterocycles. The third-order valence-electron chi connectivity index (χ3n) is 1.90. The van der Waals surface area contributed by atoms with E-state index in [1.165, 1.54) is 0 Å². The van der Waals surface area contributed by atoms with Crippen LogP contribution in [0.4, 0.5) is 0 Å². The first kappa shape index (κ1) is 17.6. The Balaban J connectivity index is 0.000000321. The van der Waals surface area contributed by atoms with Gasteiger partial charge in [0.05, 0.1) is 0 Å². The standard InChI is InChI=1S/C7H6.C5H9N2.CH3.2ClH.Ru/c1-7-5-3-2-4-6-7;1-6-3-4-7(2)5-6;;;;/h1-6H;3-5H,1-2H3;1H3;2*1H;/q;2*-1;;;+2/p-2. The molecule has 2 rings (SSSR count). The van der Waals surface area contributed by atoms with Gasteiger partial charge in [0, 0.05) is 0 Å². The molecule has 104 valence electrons. The van der Waals surface area contributed by atoms with Gasteiger partial charge in [0.1, 0.15) is 0 Å². The molecule has 1 aliphatic heterocycles. The summed E-state index contributed by atoms with van der Waals surface area (Å²) in [6, 6.07) is 9.89. The summed E-state index contributed by atoms with van der Waals surface area (Å²) >= 11 is -1.61. The Kier molecular flexibility index (Phi) is 9.35. The van der Waals surface area contributed by atoms with Crippen LogP contribution in [0, 0.1) is 14.1 Å². The second-order valence-electron chi connectivity index (χ2n) is 3.46. The second-order valence-corrected chi connectivity index (χ2v) is 9.19. The second kappa shape index (κ2) is 9.55. The van der Waals surface area contributed by atoms with Gasteiger partial charge >= 0.3 is 73.4 Å². The molecule has 18 heavy (non-hydrogen) atoms. The van der Waals surface area contributed by atoms with E-state index in [1.807, 2.05) is 77.9 Å². The van der Waals surface area contributed by atoms with Gasteiger partial charge in [-0.15, -0.1) is 0 Å². The van der Waals surface area contributed by atoms with Crippen LogP contribution in [-0.4, -0.2) is 28.5 Å². The Labute approximate surface area is 123 Å².